The van der Waals surface area contributed by atoms with Gasteiger partial charge < -0.3 is 4.74 Å². The van der Waals surface area contributed by atoms with Gasteiger partial charge in [0, 0.05) is 6.42 Å². The van der Waals surface area contributed by atoms with Crippen LogP contribution in [0, 0.1) is 5.92 Å². The number of hydrogen-bond acceptors (Lipinski definition) is 2. The van der Waals surface area contributed by atoms with Crippen molar-refractivity contribution in [3.8, 4) is 5.75 Å². The largest absolute Gasteiger partial charge is 0.497 e. The predicted octanol–water partition coefficient (Wildman–Crippen LogP) is 2.32. The van der Waals surface area contributed by atoms with Gasteiger partial charge in [0.15, 0.2) is 0 Å². The van der Waals surface area contributed by atoms with Gasteiger partial charge in [-0.05, 0) is 36.5 Å². The van der Waals surface area contributed by atoms with Gasteiger partial charge in [0.05, 0.1) is 12.5 Å². The summed E-state index contributed by atoms with van der Waals surface area (Å²) in [7, 11) is 1.66. The Morgan fingerprint density at radius 2 is 1.93 bits per heavy atom. The van der Waals surface area contributed by atoms with Crippen LogP contribution in [-0.2, 0) is 10.2 Å². The molecule has 78 valence electrons. The normalized spacial score (nSPS) is 32.6. The number of methoxy groups -OCH3 is 1. The van der Waals surface area contributed by atoms with E-state index < -0.39 is 0 Å². The number of ketones is 1. The van der Waals surface area contributed by atoms with Crippen molar-refractivity contribution in [1.82, 2.24) is 0 Å². The first-order valence-corrected chi connectivity index (χ1v) is 5.42. The van der Waals surface area contributed by atoms with Crippen LogP contribution in [0.15, 0.2) is 24.3 Å². The summed E-state index contributed by atoms with van der Waals surface area (Å²) >= 11 is 0. The van der Waals surface area contributed by atoms with Crippen molar-refractivity contribution >= 4 is 5.78 Å². The molecule has 1 aromatic carbocycles. The van der Waals surface area contributed by atoms with Crippen molar-refractivity contribution in [3.63, 3.8) is 0 Å². The number of rotatable bonds is 2. The van der Waals surface area contributed by atoms with E-state index in [1.807, 2.05) is 24.3 Å². The van der Waals surface area contributed by atoms with Crippen molar-refractivity contribution in [1.29, 1.82) is 0 Å². The van der Waals surface area contributed by atoms with Crippen LogP contribution in [0.2, 0.25) is 0 Å². The number of hydrogen-bond donors (Lipinski definition) is 0. The summed E-state index contributed by atoms with van der Waals surface area (Å²) < 4.78 is 5.12. The molecule has 15 heavy (non-hydrogen) atoms. The molecule has 0 N–H and O–H groups in total. The third kappa shape index (κ3) is 1.08. The van der Waals surface area contributed by atoms with E-state index in [4.69, 9.17) is 4.74 Å². The Bertz CT molecular complexity index is 399. The van der Waals surface area contributed by atoms with Crippen molar-refractivity contribution < 1.29 is 9.53 Å². The van der Waals surface area contributed by atoms with Gasteiger partial charge in [0.2, 0.25) is 0 Å². The van der Waals surface area contributed by atoms with Crippen molar-refractivity contribution in [2.45, 2.75) is 24.7 Å². The average Bonchev–Trinajstić information content (AvgIpc) is 2.70. The summed E-state index contributed by atoms with van der Waals surface area (Å²) in [5, 5.41) is 0. The zero-order valence-corrected chi connectivity index (χ0v) is 8.82. The van der Waals surface area contributed by atoms with Crippen LogP contribution >= 0.6 is 0 Å². The smallest absolute Gasteiger partial charge is 0.143 e. The molecule has 0 heterocycles. The Morgan fingerprint density at radius 1 is 1.27 bits per heavy atom. The topological polar surface area (TPSA) is 26.3 Å². The Kier molecular flexibility index (Phi) is 1.70. The van der Waals surface area contributed by atoms with E-state index in [0.29, 0.717) is 11.7 Å². The Balaban J connectivity index is 1.96. The quantitative estimate of drug-likeness (QED) is 0.735. The monoisotopic (exact) mass is 202 g/mol. The van der Waals surface area contributed by atoms with E-state index in [1.54, 1.807) is 7.11 Å². The van der Waals surface area contributed by atoms with Gasteiger partial charge in [-0.25, -0.2) is 0 Å². The van der Waals surface area contributed by atoms with Gasteiger partial charge in [0.25, 0.3) is 0 Å². The van der Waals surface area contributed by atoms with E-state index in [-0.39, 0.29) is 5.41 Å². The third-order valence-electron chi connectivity index (χ3n) is 3.92. The van der Waals surface area contributed by atoms with Crippen LogP contribution in [-0.4, -0.2) is 12.9 Å². The zero-order chi connectivity index (χ0) is 10.5. The lowest BCUT2D eigenvalue weighted by Gasteiger charge is -2.37. The highest BCUT2D eigenvalue weighted by atomic mass is 16.5. The molecule has 1 aromatic rings. The molecular weight excluding hydrogens is 188 g/mol. The molecule has 0 aromatic heterocycles. The van der Waals surface area contributed by atoms with Gasteiger partial charge in [0.1, 0.15) is 11.5 Å². The first kappa shape index (κ1) is 8.96. The molecule has 4 rings (SSSR count). The Labute approximate surface area is 89.2 Å². The van der Waals surface area contributed by atoms with Crippen molar-refractivity contribution in [2.75, 3.05) is 7.11 Å². The van der Waals surface area contributed by atoms with E-state index in [2.05, 4.69) is 0 Å². The van der Waals surface area contributed by atoms with Crippen LogP contribution in [0.3, 0.4) is 0 Å². The first-order chi connectivity index (χ1) is 7.24. The van der Waals surface area contributed by atoms with E-state index >= 15 is 0 Å². The maximum atomic E-state index is 11.9. The summed E-state index contributed by atoms with van der Waals surface area (Å²) in [6.07, 6.45) is 2.93. The second kappa shape index (κ2) is 2.84. The molecule has 3 saturated carbocycles. The maximum absolute atomic E-state index is 11.9. The summed E-state index contributed by atoms with van der Waals surface area (Å²) in [6, 6.07) is 7.97. The van der Waals surface area contributed by atoms with Crippen LogP contribution in [0.4, 0.5) is 0 Å². The van der Waals surface area contributed by atoms with Gasteiger partial charge in [-0.3, -0.25) is 4.79 Å². The van der Waals surface area contributed by atoms with E-state index in [0.717, 1.165) is 25.0 Å². The highest BCUT2D eigenvalue weighted by Crippen LogP contribution is 2.57. The molecule has 0 radical (unpaired) electrons. The molecule has 2 bridgehead atoms. The zero-order valence-electron chi connectivity index (χ0n) is 8.82. The summed E-state index contributed by atoms with van der Waals surface area (Å²) in [5.41, 5.74) is 1.07. The lowest BCUT2D eigenvalue weighted by atomic mass is 9.65. The lowest BCUT2D eigenvalue weighted by molar-refractivity contribution is -0.121. The average molecular weight is 202 g/mol. The number of Topliss-reactive ketones (excluding diaryl/α,β-unsaturated/α-hetero) is 1. The molecule has 2 nitrogen and oxygen atoms in total. The lowest BCUT2D eigenvalue weighted by Crippen LogP contribution is -2.36. The molecule has 0 amide bonds. The minimum absolute atomic E-state index is 0.114. The molecule has 0 spiro atoms. The van der Waals surface area contributed by atoms with Crippen LogP contribution in [0.25, 0.3) is 0 Å². The fourth-order valence-electron chi connectivity index (χ4n) is 3.06. The van der Waals surface area contributed by atoms with Crippen LogP contribution < -0.4 is 4.74 Å². The van der Waals surface area contributed by atoms with Crippen molar-refractivity contribution in [3.05, 3.63) is 29.8 Å². The molecule has 0 aliphatic heterocycles. The summed E-state index contributed by atoms with van der Waals surface area (Å²) in [4.78, 5) is 11.9. The van der Waals surface area contributed by atoms with Crippen LogP contribution in [0.5, 0.6) is 5.75 Å². The van der Waals surface area contributed by atoms with E-state index in [9.17, 15) is 4.79 Å². The molecular formula is C13H14O2. The molecule has 0 saturated heterocycles. The molecule has 0 unspecified atom stereocenters. The van der Waals surface area contributed by atoms with Gasteiger partial charge in [-0.2, -0.15) is 0 Å². The molecule has 2 heteroatoms. The highest BCUT2D eigenvalue weighted by molar-refractivity contribution is 5.95. The second-order valence-corrected chi connectivity index (χ2v) is 4.71. The van der Waals surface area contributed by atoms with Gasteiger partial charge in [-0.1, -0.05) is 12.1 Å². The highest BCUT2D eigenvalue weighted by Gasteiger charge is 2.57. The van der Waals surface area contributed by atoms with E-state index in [1.165, 1.54) is 5.56 Å². The molecule has 3 aliphatic rings. The van der Waals surface area contributed by atoms with Crippen LogP contribution in [0.1, 0.15) is 24.8 Å². The Morgan fingerprint density at radius 3 is 2.40 bits per heavy atom. The standard InChI is InChI=1S/C13H14O2/c1-15-11-4-2-10(3-5-11)13-7-9(8-13)6-12(13)14/h2-5,9H,6-8H2,1H3. The second-order valence-electron chi connectivity index (χ2n) is 4.71. The number of ether oxygens (including phenoxy) is 1. The first-order valence-electron chi connectivity index (χ1n) is 5.42. The predicted molar refractivity (Wildman–Crippen MR) is 57.0 cm³/mol. The SMILES string of the molecule is COc1ccc(C23CC(CC2=O)C3)cc1. The van der Waals surface area contributed by atoms with Gasteiger partial charge in [-0.15, -0.1) is 0 Å². The summed E-state index contributed by atoms with van der Waals surface area (Å²) in [5.74, 6) is 1.97. The molecule has 0 atom stereocenters. The minimum atomic E-state index is -0.114. The van der Waals surface area contributed by atoms with Gasteiger partial charge >= 0.3 is 0 Å². The number of benzene rings is 1. The maximum Gasteiger partial charge on any atom is 0.143 e. The number of fused-ring (bicyclic) bond motifs is 1. The fraction of sp³-hybridized carbons (Fsp3) is 0.462. The summed E-state index contributed by atoms with van der Waals surface area (Å²) in [6.45, 7) is 0. The Hall–Kier alpha value is -1.31. The molecule has 3 aliphatic carbocycles. The minimum Gasteiger partial charge on any atom is -0.497 e. The molecule has 3 fully saturated rings. The third-order valence-corrected chi connectivity index (χ3v) is 3.92. The van der Waals surface area contributed by atoms with Crippen molar-refractivity contribution in [2.24, 2.45) is 5.92 Å². The fourth-order valence-corrected chi connectivity index (χ4v) is 3.06. The number of carbonyl (C=O) groups is 1. The number of carbonyl (C=O) groups excluding carboxylic acids is 1.